The van der Waals surface area contributed by atoms with Crippen LogP contribution in [0.5, 0.6) is 5.75 Å². The molecule has 0 aliphatic rings. The van der Waals surface area contributed by atoms with E-state index in [1.165, 1.54) is 4.88 Å². The Morgan fingerprint density at radius 1 is 1.35 bits per heavy atom. The van der Waals surface area contributed by atoms with E-state index in [0.29, 0.717) is 13.0 Å². The van der Waals surface area contributed by atoms with Gasteiger partial charge in [-0.3, -0.25) is 4.79 Å². The van der Waals surface area contributed by atoms with Crippen LogP contribution in [-0.4, -0.2) is 24.5 Å². The Kier molecular flexibility index (Phi) is 4.88. The number of nitrogens with one attached hydrogen (secondary N) is 2. The Morgan fingerprint density at radius 2 is 2.22 bits per heavy atom. The predicted molar refractivity (Wildman–Crippen MR) is 94.6 cm³/mol. The van der Waals surface area contributed by atoms with Crippen molar-refractivity contribution in [2.75, 3.05) is 13.7 Å². The number of halogens is 1. The topological polar surface area (TPSA) is 54.1 Å². The number of rotatable bonds is 6. The zero-order valence-electron chi connectivity index (χ0n) is 12.7. The van der Waals surface area contributed by atoms with Gasteiger partial charge in [-0.05, 0) is 42.3 Å². The lowest BCUT2D eigenvalue weighted by molar-refractivity contribution is -0.120. The highest BCUT2D eigenvalue weighted by molar-refractivity contribution is 7.16. The zero-order chi connectivity index (χ0) is 16.2. The Morgan fingerprint density at radius 3 is 2.96 bits per heavy atom. The number of ether oxygens (including phenoxy) is 1. The molecule has 1 aromatic carbocycles. The molecule has 0 saturated heterocycles. The van der Waals surface area contributed by atoms with Crippen molar-refractivity contribution in [3.63, 3.8) is 0 Å². The molecule has 0 unspecified atom stereocenters. The zero-order valence-corrected chi connectivity index (χ0v) is 14.3. The van der Waals surface area contributed by atoms with Crippen molar-refractivity contribution in [3.05, 3.63) is 51.3 Å². The summed E-state index contributed by atoms with van der Waals surface area (Å²) in [4.78, 5) is 16.5. The molecule has 0 aliphatic heterocycles. The molecule has 0 saturated carbocycles. The van der Waals surface area contributed by atoms with E-state index >= 15 is 0 Å². The van der Waals surface area contributed by atoms with Crippen LogP contribution in [0.25, 0.3) is 10.9 Å². The second-order valence-electron chi connectivity index (χ2n) is 5.21. The van der Waals surface area contributed by atoms with Crippen LogP contribution in [-0.2, 0) is 17.6 Å². The van der Waals surface area contributed by atoms with Crippen LogP contribution in [0.15, 0.2) is 36.5 Å². The van der Waals surface area contributed by atoms with Gasteiger partial charge in [-0.15, -0.1) is 11.3 Å². The minimum absolute atomic E-state index is 0.0105. The van der Waals surface area contributed by atoms with Gasteiger partial charge in [0.05, 0.1) is 17.9 Å². The fourth-order valence-corrected chi connectivity index (χ4v) is 3.56. The Hall–Kier alpha value is -1.98. The lowest BCUT2D eigenvalue weighted by Crippen LogP contribution is -2.26. The molecule has 3 rings (SSSR count). The van der Waals surface area contributed by atoms with Gasteiger partial charge in [0.25, 0.3) is 0 Å². The molecule has 120 valence electrons. The molecule has 2 aromatic heterocycles. The molecule has 2 heterocycles. The van der Waals surface area contributed by atoms with Crippen molar-refractivity contribution in [2.24, 2.45) is 0 Å². The van der Waals surface area contributed by atoms with Crippen LogP contribution in [0, 0.1) is 0 Å². The lowest BCUT2D eigenvalue weighted by atomic mass is 10.1. The second-order valence-corrected chi connectivity index (χ2v) is 7.01. The quantitative estimate of drug-likeness (QED) is 0.712. The number of carbonyl (C=O) groups is 1. The number of aromatic amines is 1. The van der Waals surface area contributed by atoms with Crippen molar-refractivity contribution in [3.8, 4) is 5.75 Å². The number of benzene rings is 1. The monoisotopic (exact) mass is 348 g/mol. The van der Waals surface area contributed by atoms with Crippen LogP contribution in [0.2, 0.25) is 4.34 Å². The Balaban J connectivity index is 1.59. The highest BCUT2D eigenvalue weighted by Crippen LogP contribution is 2.24. The van der Waals surface area contributed by atoms with E-state index in [1.807, 2.05) is 36.5 Å². The summed E-state index contributed by atoms with van der Waals surface area (Å²) >= 11 is 7.44. The molecule has 0 fully saturated rings. The molecule has 0 atom stereocenters. The van der Waals surface area contributed by atoms with E-state index in [9.17, 15) is 4.79 Å². The van der Waals surface area contributed by atoms with Gasteiger partial charge >= 0.3 is 0 Å². The van der Waals surface area contributed by atoms with Gasteiger partial charge in [-0.25, -0.2) is 0 Å². The third-order valence-electron chi connectivity index (χ3n) is 3.65. The lowest BCUT2D eigenvalue weighted by Gasteiger charge is -2.04. The van der Waals surface area contributed by atoms with Crippen molar-refractivity contribution in [2.45, 2.75) is 12.8 Å². The molecule has 6 heteroatoms. The average molecular weight is 349 g/mol. The predicted octanol–water partition coefficient (Wildman–Crippen LogP) is 3.79. The molecule has 0 aliphatic carbocycles. The van der Waals surface area contributed by atoms with Crippen LogP contribution in [0.1, 0.15) is 10.4 Å². The summed E-state index contributed by atoms with van der Waals surface area (Å²) in [5, 5.41) is 3.97. The first-order chi connectivity index (χ1) is 11.2. The molecule has 0 bridgehead atoms. The average Bonchev–Trinajstić information content (AvgIpc) is 3.13. The van der Waals surface area contributed by atoms with E-state index in [1.54, 1.807) is 18.4 Å². The van der Waals surface area contributed by atoms with Gasteiger partial charge in [0.2, 0.25) is 5.91 Å². The van der Waals surface area contributed by atoms with E-state index in [-0.39, 0.29) is 5.91 Å². The van der Waals surface area contributed by atoms with Crippen molar-refractivity contribution < 1.29 is 9.53 Å². The minimum atomic E-state index is 0.0105. The second kappa shape index (κ2) is 7.06. The van der Waals surface area contributed by atoms with Crippen molar-refractivity contribution in [1.82, 2.24) is 10.3 Å². The van der Waals surface area contributed by atoms with Crippen LogP contribution in [0.3, 0.4) is 0 Å². The van der Waals surface area contributed by atoms with E-state index in [4.69, 9.17) is 16.3 Å². The summed E-state index contributed by atoms with van der Waals surface area (Å²) in [7, 11) is 1.64. The molecule has 23 heavy (non-hydrogen) atoms. The van der Waals surface area contributed by atoms with Gasteiger partial charge in [0.15, 0.2) is 0 Å². The SMILES string of the molecule is COc1ccc2[nH]cc(CC(=O)NCCc3ccc(Cl)s3)c2c1. The van der Waals surface area contributed by atoms with Gasteiger partial charge in [0, 0.05) is 28.5 Å². The molecule has 2 N–H and O–H groups in total. The highest BCUT2D eigenvalue weighted by Gasteiger charge is 2.09. The number of carbonyl (C=O) groups excluding carboxylic acids is 1. The number of hydrogen-bond acceptors (Lipinski definition) is 3. The first-order valence-electron chi connectivity index (χ1n) is 7.30. The minimum Gasteiger partial charge on any atom is -0.497 e. The molecular weight excluding hydrogens is 332 g/mol. The normalized spacial score (nSPS) is 10.9. The standard InChI is InChI=1S/C17H17ClN2O2S/c1-22-12-2-4-15-14(9-12)11(10-20-15)8-17(21)19-7-6-13-3-5-16(18)23-13/h2-5,9-10,20H,6-8H2,1H3,(H,19,21). The number of aromatic nitrogens is 1. The molecule has 4 nitrogen and oxygen atoms in total. The summed E-state index contributed by atoms with van der Waals surface area (Å²) in [6, 6.07) is 9.67. The summed E-state index contributed by atoms with van der Waals surface area (Å²) in [6.45, 7) is 0.612. The largest absolute Gasteiger partial charge is 0.497 e. The third-order valence-corrected chi connectivity index (χ3v) is 4.94. The highest BCUT2D eigenvalue weighted by atomic mass is 35.5. The maximum atomic E-state index is 12.1. The maximum absolute atomic E-state index is 12.1. The summed E-state index contributed by atoms with van der Waals surface area (Å²) in [5.41, 5.74) is 1.97. The van der Waals surface area contributed by atoms with E-state index in [2.05, 4.69) is 10.3 Å². The molecule has 1 amide bonds. The third kappa shape index (κ3) is 3.86. The first kappa shape index (κ1) is 15.9. The summed E-state index contributed by atoms with van der Waals surface area (Å²) in [5.74, 6) is 0.796. The van der Waals surface area contributed by atoms with Crippen LogP contribution >= 0.6 is 22.9 Å². The number of thiophene rings is 1. The van der Waals surface area contributed by atoms with Gasteiger partial charge < -0.3 is 15.0 Å². The number of hydrogen-bond donors (Lipinski definition) is 2. The van der Waals surface area contributed by atoms with Gasteiger partial charge in [-0.2, -0.15) is 0 Å². The Bertz CT molecular complexity index is 825. The first-order valence-corrected chi connectivity index (χ1v) is 8.50. The maximum Gasteiger partial charge on any atom is 0.224 e. The number of amides is 1. The van der Waals surface area contributed by atoms with Crippen molar-refractivity contribution in [1.29, 1.82) is 0 Å². The van der Waals surface area contributed by atoms with Gasteiger partial charge in [-0.1, -0.05) is 11.6 Å². The van der Waals surface area contributed by atoms with Crippen molar-refractivity contribution >= 4 is 39.7 Å². The summed E-state index contributed by atoms with van der Waals surface area (Å²) in [6.07, 6.45) is 3.02. The number of fused-ring (bicyclic) bond motifs is 1. The fourth-order valence-electron chi connectivity index (χ4n) is 2.48. The van der Waals surface area contributed by atoms with E-state index < -0.39 is 0 Å². The van der Waals surface area contributed by atoms with Crippen LogP contribution in [0.4, 0.5) is 0 Å². The molecule has 3 aromatic rings. The Labute approximate surface area is 143 Å². The fraction of sp³-hybridized carbons (Fsp3) is 0.235. The van der Waals surface area contributed by atoms with E-state index in [0.717, 1.165) is 33.0 Å². The van der Waals surface area contributed by atoms with Crippen LogP contribution < -0.4 is 10.1 Å². The molecule has 0 radical (unpaired) electrons. The van der Waals surface area contributed by atoms with Gasteiger partial charge in [0.1, 0.15) is 5.75 Å². The molecular formula is C17H17ClN2O2S. The smallest absolute Gasteiger partial charge is 0.224 e. The molecule has 0 spiro atoms. The number of H-pyrrole nitrogens is 1. The number of methoxy groups -OCH3 is 1. The summed E-state index contributed by atoms with van der Waals surface area (Å²) < 4.78 is 6.02.